The number of rotatable bonds is 3. The molecule has 1 rings (SSSR count). The van der Waals surface area contributed by atoms with Crippen LogP contribution >= 0.6 is 0 Å². The van der Waals surface area contributed by atoms with Gasteiger partial charge in [-0.05, 0) is 6.92 Å². The van der Waals surface area contributed by atoms with Crippen LogP contribution in [0.25, 0.3) is 0 Å². The Kier molecular flexibility index (Phi) is 3.89. The topological polar surface area (TPSA) is 26.0 Å². The molecule has 0 bridgehead atoms. The van der Waals surface area contributed by atoms with E-state index in [0.29, 0.717) is 0 Å². The number of alkyl halides is 2. The van der Waals surface area contributed by atoms with Gasteiger partial charge in [0.05, 0.1) is 5.54 Å². The molecule has 0 saturated heterocycles. The van der Waals surface area contributed by atoms with Crippen LogP contribution in [0.3, 0.4) is 0 Å². The number of nitrogens with two attached hydrogens (primary N) is 1. The molecule has 0 spiro atoms. The molecule has 102 valence electrons. The molecule has 0 aromatic heterocycles. The van der Waals surface area contributed by atoms with Crippen LogP contribution in [0.15, 0.2) is 0 Å². The quantitative estimate of drug-likeness (QED) is 0.512. The van der Waals surface area contributed by atoms with Gasteiger partial charge < -0.3 is 5.73 Å². The van der Waals surface area contributed by atoms with Crippen molar-refractivity contribution in [1.82, 2.24) is 0 Å². The van der Waals surface area contributed by atoms with Gasteiger partial charge in [-0.2, -0.15) is 0 Å². The van der Waals surface area contributed by atoms with Gasteiger partial charge in [-0.1, -0.05) is 0 Å². The van der Waals surface area contributed by atoms with Crippen LogP contribution in [0.2, 0.25) is 0 Å². The van der Waals surface area contributed by atoms with Crippen molar-refractivity contribution in [2.75, 3.05) is 0 Å². The lowest BCUT2D eigenvalue weighted by atomic mass is 9.93. The SMILES string of the molecule is CC(N)(Cc1c(F)c(F)c(F)c(F)c1F)C(F)F. The summed E-state index contributed by atoms with van der Waals surface area (Å²) in [6.07, 6.45) is -4.37. The molecule has 8 heteroatoms. The molecule has 1 atom stereocenters. The van der Waals surface area contributed by atoms with Gasteiger partial charge in [-0.25, -0.2) is 30.7 Å². The maximum absolute atomic E-state index is 13.2. The van der Waals surface area contributed by atoms with Crippen LogP contribution in [0, 0.1) is 29.1 Å². The highest BCUT2D eigenvalue weighted by molar-refractivity contribution is 5.26. The van der Waals surface area contributed by atoms with Crippen LogP contribution in [-0.4, -0.2) is 12.0 Å². The Morgan fingerprint density at radius 3 is 1.56 bits per heavy atom. The number of halogens is 7. The van der Waals surface area contributed by atoms with Crippen LogP contribution in [0.5, 0.6) is 0 Å². The van der Waals surface area contributed by atoms with Crippen molar-refractivity contribution in [1.29, 1.82) is 0 Å². The zero-order chi connectivity index (χ0) is 14.2. The van der Waals surface area contributed by atoms with Crippen molar-refractivity contribution in [3.05, 3.63) is 34.6 Å². The molecular formula is C10H8F7N. The first-order valence-corrected chi connectivity index (χ1v) is 4.67. The van der Waals surface area contributed by atoms with Gasteiger partial charge in [0.1, 0.15) is 0 Å². The Labute approximate surface area is 97.4 Å². The van der Waals surface area contributed by atoms with E-state index < -0.39 is 53.0 Å². The third-order valence-corrected chi connectivity index (χ3v) is 2.36. The van der Waals surface area contributed by atoms with Crippen LogP contribution in [0.1, 0.15) is 12.5 Å². The molecule has 0 amide bonds. The summed E-state index contributed by atoms with van der Waals surface area (Å²) in [5.74, 6) is -11.0. The molecule has 0 fully saturated rings. The second kappa shape index (κ2) is 4.75. The van der Waals surface area contributed by atoms with E-state index in [0.717, 1.165) is 6.92 Å². The third-order valence-electron chi connectivity index (χ3n) is 2.36. The van der Waals surface area contributed by atoms with Crippen LogP contribution in [-0.2, 0) is 6.42 Å². The molecular weight excluding hydrogens is 267 g/mol. The zero-order valence-corrected chi connectivity index (χ0v) is 9.01. The molecule has 0 aliphatic rings. The highest BCUT2D eigenvalue weighted by Crippen LogP contribution is 2.27. The van der Waals surface area contributed by atoms with E-state index in [2.05, 4.69) is 0 Å². The predicted molar refractivity (Wildman–Crippen MR) is 48.5 cm³/mol. The molecule has 0 saturated carbocycles. The van der Waals surface area contributed by atoms with Gasteiger partial charge in [-0.15, -0.1) is 0 Å². The summed E-state index contributed by atoms with van der Waals surface area (Å²) >= 11 is 0. The largest absolute Gasteiger partial charge is 0.320 e. The normalized spacial score (nSPS) is 15.0. The summed E-state index contributed by atoms with van der Waals surface area (Å²) in [6, 6.07) is 0. The highest BCUT2D eigenvalue weighted by Gasteiger charge is 2.35. The minimum atomic E-state index is -3.19. The predicted octanol–water partition coefficient (Wildman–Crippen LogP) is 2.91. The summed E-state index contributed by atoms with van der Waals surface area (Å²) in [5, 5.41) is 0. The Balaban J connectivity index is 3.35. The average Bonchev–Trinajstić information content (AvgIpc) is 2.29. The standard InChI is InChI=1S/C10H8F7N/c1-10(18,9(16)17)2-3-4(11)6(13)8(15)7(14)5(3)12/h9H,2,18H2,1H3. The van der Waals surface area contributed by atoms with E-state index in [1.165, 1.54) is 0 Å². The van der Waals surface area contributed by atoms with Crippen molar-refractivity contribution in [3.8, 4) is 0 Å². The zero-order valence-electron chi connectivity index (χ0n) is 9.01. The van der Waals surface area contributed by atoms with E-state index in [1.807, 2.05) is 0 Å². The monoisotopic (exact) mass is 275 g/mol. The molecule has 0 heterocycles. The average molecular weight is 275 g/mol. The lowest BCUT2D eigenvalue weighted by Crippen LogP contribution is -2.46. The first kappa shape index (κ1) is 14.7. The van der Waals surface area contributed by atoms with E-state index >= 15 is 0 Å². The lowest BCUT2D eigenvalue weighted by molar-refractivity contribution is 0.0627. The molecule has 0 aliphatic heterocycles. The number of benzene rings is 1. The van der Waals surface area contributed by atoms with Crippen molar-refractivity contribution in [2.24, 2.45) is 5.73 Å². The molecule has 0 aliphatic carbocycles. The number of hydrogen-bond donors (Lipinski definition) is 1. The summed E-state index contributed by atoms with van der Waals surface area (Å²) in [5.41, 5.74) is 1.29. The van der Waals surface area contributed by atoms with E-state index in [9.17, 15) is 30.7 Å². The van der Waals surface area contributed by atoms with Crippen molar-refractivity contribution in [2.45, 2.75) is 25.3 Å². The van der Waals surface area contributed by atoms with E-state index in [4.69, 9.17) is 5.73 Å². The maximum atomic E-state index is 13.2. The summed E-state index contributed by atoms with van der Waals surface area (Å²) in [7, 11) is 0. The Morgan fingerprint density at radius 2 is 1.22 bits per heavy atom. The van der Waals surface area contributed by atoms with E-state index in [1.54, 1.807) is 0 Å². The lowest BCUT2D eigenvalue weighted by Gasteiger charge is -2.24. The molecule has 18 heavy (non-hydrogen) atoms. The first-order valence-electron chi connectivity index (χ1n) is 4.67. The maximum Gasteiger partial charge on any atom is 0.256 e. The fourth-order valence-corrected chi connectivity index (χ4v) is 1.26. The van der Waals surface area contributed by atoms with Gasteiger partial charge in [0.15, 0.2) is 23.3 Å². The smallest absolute Gasteiger partial charge is 0.256 e. The Morgan fingerprint density at radius 1 is 0.889 bits per heavy atom. The molecule has 1 unspecified atom stereocenters. The molecule has 1 aromatic carbocycles. The Hall–Kier alpha value is -1.31. The summed E-state index contributed by atoms with van der Waals surface area (Å²) < 4.78 is 89.4. The minimum absolute atomic E-state index is 0.746. The highest BCUT2D eigenvalue weighted by atomic mass is 19.3. The number of hydrogen-bond acceptors (Lipinski definition) is 1. The van der Waals surface area contributed by atoms with Gasteiger partial charge in [0.25, 0.3) is 6.43 Å². The van der Waals surface area contributed by atoms with Crippen molar-refractivity contribution in [3.63, 3.8) is 0 Å². The van der Waals surface area contributed by atoms with Gasteiger partial charge in [0, 0.05) is 12.0 Å². The fraction of sp³-hybridized carbons (Fsp3) is 0.400. The van der Waals surface area contributed by atoms with Crippen molar-refractivity contribution < 1.29 is 30.7 Å². The van der Waals surface area contributed by atoms with Crippen molar-refractivity contribution >= 4 is 0 Å². The summed E-state index contributed by atoms with van der Waals surface area (Å²) in [6.45, 7) is 0.746. The first-order chi connectivity index (χ1) is 8.09. The molecule has 1 aromatic rings. The second-order valence-electron chi connectivity index (χ2n) is 4.03. The molecule has 1 nitrogen and oxygen atoms in total. The third kappa shape index (κ3) is 2.43. The van der Waals surface area contributed by atoms with Gasteiger partial charge in [0.2, 0.25) is 5.82 Å². The molecule has 0 radical (unpaired) electrons. The Bertz CT molecular complexity index is 441. The fourth-order valence-electron chi connectivity index (χ4n) is 1.26. The van der Waals surface area contributed by atoms with Crippen LogP contribution in [0.4, 0.5) is 30.7 Å². The summed E-state index contributed by atoms with van der Waals surface area (Å²) in [4.78, 5) is 0. The minimum Gasteiger partial charge on any atom is -0.320 e. The van der Waals surface area contributed by atoms with Gasteiger partial charge >= 0.3 is 0 Å². The molecule has 2 N–H and O–H groups in total. The van der Waals surface area contributed by atoms with Crippen LogP contribution < -0.4 is 5.73 Å². The van der Waals surface area contributed by atoms with E-state index in [-0.39, 0.29) is 0 Å². The van der Waals surface area contributed by atoms with Gasteiger partial charge in [-0.3, -0.25) is 0 Å². The second-order valence-corrected chi connectivity index (χ2v) is 4.03.